The lowest BCUT2D eigenvalue weighted by Crippen LogP contribution is -2.53. The number of aryl methyl sites for hydroxylation is 1. The van der Waals surface area contributed by atoms with Crippen LogP contribution in [0.4, 0.5) is 0 Å². The average molecular weight is 235 g/mol. The molecule has 0 aliphatic heterocycles. The van der Waals surface area contributed by atoms with Crippen LogP contribution in [0.2, 0.25) is 0 Å². The molecule has 1 aliphatic rings. The number of rotatable bonds is 4. The Balaban J connectivity index is 1.94. The predicted molar refractivity (Wildman–Crippen MR) is 67.3 cm³/mol. The van der Waals surface area contributed by atoms with Gasteiger partial charge in [-0.15, -0.1) is 0 Å². The summed E-state index contributed by atoms with van der Waals surface area (Å²) in [6, 6.07) is 4.07. The zero-order valence-corrected chi connectivity index (χ0v) is 10.8. The number of nitrogens with one attached hydrogen (secondary N) is 1. The van der Waals surface area contributed by atoms with Gasteiger partial charge in [-0.1, -0.05) is 0 Å². The molecular weight excluding hydrogens is 214 g/mol. The van der Waals surface area contributed by atoms with Gasteiger partial charge in [-0.05, 0) is 44.7 Å². The number of carbonyl (C=O) groups excluding carboxylic acids is 1. The molecule has 4 nitrogen and oxygen atoms in total. The van der Waals surface area contributed by atoms with E-state index in [1.807, 2.05) is 33.0 Å². The molecule has 2 rings (SSSR count). The van der Waals surface area contributed by atoms with Gasteiger partial charge in [0.2, 0.25) is 5.91 Å². The van der Waals surface area contributed by atoms with Crippen molar-refractivity contribution in [3.8, 4) is 0 Å². The van der Waals surface area contributed by atoms with Crippen molar-refractivity contribution < 1.29 is 4.79 Å². The van der Waals surface area contributed by atoms with E-state index in [0.717, 1.165) is 18.5 Å². The minimum absolute atomic E-state index is 0.0427. The summed E-state index contributed by atoms with van der Waals surface area (Å²) in [6.45, 7) is 4.42. The Morgan fingerprint density at radius 1 is 1.59 bits per heavy atom. The first-order valence-corrected chi connectivity index (χ1v) is 6.11. The molecule has 1 atom stereocenters. The fourth-order valence-corrected chi connectivity index (χ4v) is 2.07. The smallest absolute Gasteiger partial charge is 0.240 e. The molecule has 1 heterocycles. The van der Waals surface area contributed by atoms with Crippen LogP contribution in [-0.4, -0.2) is 16.0 Å². The van der Waals surface area contributed by atoms with Gasteiger partial charge in [0.05, 0.1) is 12.1 Å². The highest BCUT2D eigenvalue weighted by Gasteiger charge is 2.43. The second-order valence-electron chi connectivity index (χ2n) is 5.26. The van der Waals surface area contributed by atoms with Crippen LogP contribution in [0.5, 0.6) is 0 Å². The van der Waals surface area contributed by atoms with E-state index in [0.29, 0.717) is 12.5 Å². The topological polar surface area (TPSA) is 60.1 Å². The third-order valence-electron chi connectivity index (χ3n) is 3.82. The van der Waals surface area contributed by atoms with Crippen LogP contribution in [0.15, 0.2) is 12.1 Å². The van der Waals surface area contributed by atoms with Gasteiger partial charge in [0.1, 0.15) is 0 Å². The predicted octanol–water partition coefficient (Wildman–Crippen LogP) is 1.08. The minimum atomic E-state index is -0.708. The summed E-state index contributed by atoms with van der Waals surface area (Å²) in [5.41, 5.74) is 7.63. The number of nitrogens with zero attached hydrogens (tertiary/aromatic N) is 1. The molecule has 0 radical (unpaired) electrons. The Labute approximate surface area is 102 Å². The van der Waals surface area contributed by atoms with Gasteiger partial charge in [0.25, 0.3) is 0 Å². The van der Waals surface area contributed by atoms with Crippen molar-refractivity contribution in [1.29, 1.82) is 0 Å². The minimum Gasteiger partial charge on any atom is -0.350 e. The summed E-state index contributed by atoms with van der Waals surface area (Å²) < 4.78 is 2.07. The molecule has 1 aliphatic carbocycles. The number of carbonyl (C=O) groups is 1. The van der Waals surface area contributed by atoms with Crippen molar-refractivity contribution in [3.63, 3.8) is 0 Å². The van der Waals surface area contributed by atoms with Crippen molar-refractivity contribution >= 4 is 5.91 Å². The maximum absolute atomic E-state index is 12.0. The Kier molecular flexibility index (Phi) is 3.00. The zero-order valence-electron chi connectivity index (χ0n) is 10.8. The Hall–Kier alpha value is -1.29. The lowest BCUT2D eigenvalue weighted by Gasteiger charge is -2.23. The lowest BCUT2D eigenvalue weighted by molar-refractivity contribution is -0.126. The standard InChI is InChI=1S/C13H21N3O/c1-9-4-7-11(16(9)3)8-15-12(17)13(2,14)10-5-6-10/h4,7,10H,5-6,8,14H2,1-3H3,(H,15,17). The van der Waals surface area contributed by atoms with Crippen LogP contribution in [0.3, 0.4) is 0 Å². The van der Waals surface area contributed by atoms with E-state index in [9.17, 15) is 4.79 Å². The fourth-order valence-electron chi connectivity index (χ4n) is 2.07. The number of aromatic nitrogens is 1. The highest BCUT2D eigenvalue weighted by molar-refractivity contribution is 5.86. The monoisotopic (exact) mass is 235 g/mol. The summed E-state index contributed by atoms with van der Waals surface area (Å²) in [5, 5.41) is 2.93. The second kappa shape index (κ2) is 4.18. The van der Waals surface area contributed by atoms with Crippen LogP contribution in [0, 0.1) is 12.8 Å². The second-order valence-corrected chi connectivity index (χ2v) is 5.26. The molecule has 0 bridgehead atoms. The molecule has 1 fully saturated rings. The van der Waals surface area contributed by atoms with Gasteiger partial charge in [0, 0.05) is 18.4 Å². The van der Waals surface area contributed by atoms with Crippen molar-refractivity contribution in [2.45, 2.75) is 38.8 Å². The largest absolute Gasteiger partial charge is 0.350 e. The molecule has 3 N–H and O–H groups in total. The molecule has 17 heavy (non-hydrogen) atoms. The van der Waals surface area contributed by atoms with Gasteiger partial charge < -0.3 is 15.6 Å². The third kappa shape index (κ3) is 2.36. The molecule has 1 aromatic rings. The van der Waals surface area contributed by atoms with Gasteiger partial charge in [-0.2, -0.15) is 0 Å². The van der Waals surface area contributed by atoms with E-state index < -0.39 is 5.54 Å². The molecule has 1 unspecified atom stereocenters. The fraction of sp³-hybridized carbons (Fsp3) is 0.615. The quantitative estimate of drug-likeness (QED) is 0.820. The lowest BCUT2D eigenvalue weighted by atomic mass is 9.96. The van der Waals surface area contributed by atoms with E-state index in [1.54, 1.807) is 0 Å². The first kappa shape index (κ1) is 12.2. The summed E-state index contributed by atoms with van der Waals surface area (Å²) in [5.74, 6) is 0.316. The van der Waals surface area contributed by atoms with Crippen LogP contribution < -0.4 is 11.1 Å². The molecule has 0 saturated heterocycles. The first-order chi connectivity index (χ1) is 7.93. The maximum Gasteiger partial charge on any atom is 0.240 e. The van der Waals surface area contributed by atoms with E-state index in [4.69, 9.17) is 5.73 Å². The van der Waals surface area contributed by atoms with Crippen LogP contribution in [0.1, 0.15) is 31.2 Å². The van der Waals surface area contributed by atoms with Crippen molar-refractivity contribution in [1.82, 2.24) is 9.88 Å². The first-order valence-electron chi connectivity index (χ1n) is 6.11. The molecular formula is C13H21N3O. The Bertz CT molecular complexity index is 430. The molecule has 1 amide bonds. The number of nitrogens with two attached hydrogens (primary N) is 1. The van der Waals surface area contributed by atoms with Crippen molar-refractivity contribution in [2.75, 3.05) is 0 Å². The van der Waals surface area contributed by atoms with Crippen LogP contribution in [0.25, 0.3) is 0 Å². The van der Waals surface area contributed by atoms with E-state index in [-0.39, 0.29) is 5.91 Å². The molecule has 94 valence electrons. The van der Waals surface area contributed by atoms with Crippen molar-refractivity contribution in [3.05, 3.63) is 23.5 Å². The molecule has 0 spiro atoms. The SMILES string of the molecule is Cc1ccc(CNC(=O)C(C)(N)C2CC2)n1C. The highest BCUT2D eigenvalue weighted by Crippen LogP contribution is 2.38. The summed E-state index contributed by atoms with van der Waals surface area (Å²) in [7, 11) is 2.00. The third-order valence-corrected chi connectivity index (χ3v) is 3.82. The van der Waals surface area contributed by atoms with Crippen LogP contribution in [-0.2, 0) is 18.4 Å². The number of hydrogen-bond acceptors (Lipinski definition) is 2. The Morgan fingerprint density at radius 3 is 2.71 bits per heavy atom. The van der Waals surface area contributed by atoms with Crippen molar-refractivity contribution in [2.24, 2.45) is 18.7 Å². The molecule has 0 aromatic carbocycles. The van der Waals surface area contributed by atoms with Gasteiger partial charge in [-0.3, -0.25) is 4.79 Å². The summed E-state index contributed by atoms with van der Waals surface area (Å²) >= 11 is 0. The average Bonchev–Trinajstić information content (AvgIpc) is 3.07. The van der Waals surface area contributed by atoms with Gasteiger partial charge in [0.15, 0.2) is 0 Å². The molecule has 1 aromatic heterocycles. The van der Waals surface area contributed by atoms with Crippen LogP contribution >= 0.6 is 0 Å². The normalized spacial score (nSPS) is 18.8. The van der Waals surface area contributed by atoms with E-state index in [1.165, 1.54) is 5.69 Å². The van der Waals surface area contributed by atoms with E-state index >= 15 is 0 Å². The van der Waals surface area contributed by atoms with E-state index in [2.05, 4.69) is 9.88 Å². The number of amides is 1. The van der Waals surface area contributed by atoms with Gasteiger partial charge >= 0.3 is 0 Å². The Morgan fingerprint density at radius 2 is 2.24 bits per heavy atom. The van der Waals surface area contributed by atoms with Gasteiger partial charge in [-0.25, -0.2) is 0 Å². The number of hydrogen-bond donors (Lipinski definition) is 2. The molecule has 1 saturated carbocycles. The zero-order chi connectivity index (χ0) is 12.6. The molecule has 4 heteroatoms. The summed E-state index contributed by atoms with van der Waals surface area (Å²) in [6.07, 6.45) is 2.15. The maximum atomic E-state index is 12.0. The highest BCUT2D eigenvalue weighted by atomic mass is 16.2. The summed E-state index contributed by atoms with van der Waals surface area (Å²) in [4.78, 5) is 12.0.